The highest BCUT2D eigenvalue weighted by Gasteiger charge is 2.23. The number of carbonyl (C=O) groups is 2. The van der Waals surface area contributed by atoms with E-state index in [0.717, 1.165) is 15.8 Å². The summed E-state index contributed by atoms with van der Waals surface area (Å²) in [4.78, 5) is 35.6. The lowest BCUT2D eigenvalue weighted by atomic mass is 10.0. The van der Waals surface area contributed by atoms with E-state index >= 15 is 0 Å². The van der Waals surface area contributed by atoms with Gasteiger partial charge in [-0.1, -0.05) is 28.1 Å². The van der Waals surface area contributed by atoms with E-state index in [1.54, 1.807) is 42.6 Å². The Balaban J connectivity index is 1.83. The van der Waals surface area contributed by atoms with Crippen molar-refractivity contribution in [2.45, 2.75) is 6.92 Å². The van der Waals surface area contributed by atoms with Gasteiger partial charge < -0.3 is 14.8 Å². The highest BCUT2D eigenvalue weighted by Crippen LogP contribution is 2.37. The van der Waals surface area contributed by atoms with Gasteiger partial charge in [0.05, 0.1) is 11.5 Å². The maximum absolute atomic E-state index is 12.6. The molecular weight excluding hydrogens is 488 g/mol. The first kappa shape index (κ1) is 22.4. The molecule has 1 aromatic heterocycles. The highest BCUT2D eigenvalue weighted by molar-refractivity contribution is 9.10. The van der Waals surface area contributed by atoms with Crippen LogP contribution in [-0.2, 0) is 9.53 Å². The monoisotopic (exact) mass is 504 g/mol. The van der Waals surface area contributed by atoms with Crippen LogP contribution >= 0.6 is 27.3 Å². The summed E-state index contributed by atoms with van der Waals surface area (Å²) in [5.41, 5.74) is 0.952. The number of halogens is 1. The van der Waals surface area contributed by atoms with Crippen LogP contribution in [0.25, 0.3) is 11.1 Å². The van der Waals surface area contributed by atoms with E-state index in [4.69, 9.17) is 9.47 Å². The van der Waals surface area contributed by atoms with E-state index in [9.17, 15) is 19.7 Å². The molecule has 0 unspecified atom stereocenters. The van der Waals surface area contributed by atoms with Crippen LogP contribution in [0.15, 0.2) is 58.4 Å². The topological polar surface area (TPSA) is 108 Å². The number of hydrogen-bond donors (Lipinski definition) is 1. The number of nitro groups is 1. The van der Waals surface area contributed by atoms with Gasteiger partial charge in [0.15, 0.2) is 6.61 Å². The summed E-state index contributed by atoms with van der Waals surface area (Å²) in [6, 6.07) is 12.9. The van der Waals surface area contributed by atoms with E-state index in [1.165, 1.54) is 18.2 Å². The molecule has 3 aromatic rings. The van der Waals surface area contributed by atoms with Gasteiger partial charge in [-0.2, -0.15) is 0 Å². The first-order valence-corrected chi connectivity index (χ1v) is 10.8. The number of ether oxygens (including phenoxy) is 2. The third-order valence-corrected chi connectivity index (χ3v) is 5.50. The molecule has 3 rings (SSSR count). The van der Waals surface area contributed by atoms with Gasteiger partial charge in [-0.05, 0) is 36.8 Å². The second kappa shape index (κ2) is 10.2. The molecule has 0 bridgehead atoms. The van der Waals surface area contributed by atoms with E-state index in [1.807, 2.05) is 0 Å². The Hall–Kier alpha value is -3.24. The van der Waals surface area contributed by atoms with E-state index in [0.29, 0.717) is 16.9 Å². The average Bonchev–Trinajstić information content (AvgIpc) is 3.17. The van der Waals surface area contributed by atoms with Crippen LogP contribution in [0.2, 0.25) is 0 Å². The molecule has 1 N–H and O–H groups in total. The minimum Gasteiger partial charge on any atom is -0.484 e. The normalized spacial score (nSPS) is 10.4. The van der Waals surface area contributed by atoms with E-state index in [-0.39, 0.29) is 29.5 Å². The number of esters is 1. The lowest BCUT2D eigenvalue weighted by molar-refractivity contribution is -0.384. The van der Waals surface area contributed by atoms with Crippen LogP contribution in [0.3, 0.4) is 0 Å². The minimum absolute atomic E-state index is 0.105. The van der Waals surface area contributed by atoms with Crippen molar-refractivity contribution in [2.75, 3.05) is 18.5 Å². The van der Waals surface area contributed by atoms with Crippen LogP contribution < -0.4 is 10.1 Å². The quantitative estimate of drug-likeness (QED) is 0.254. The predicted molar refractivity (Wildman–Crippen MR) is 121 cm³/mol. The molecule has 160 valence electrons. The van der Waals surface area contributed by atoms with E-state index < -0.39 is 16.8 Å². The maximum atomic E-state index is 12.6. The third kappa shape index (κ3) is 5.68. The molecule has 0 spiro atoms. The van der Waals surface area contributed by atoms with Crippen LogP contribution in [0.4, 0.5) is 10.7 Å². The number of anilines is 1. The molecule has 0 aliphatic heterocycles. The molecule has 1 heterocycles. The number of amides is 1. The third-order valence-electron chi connectivity index (χ3n) is 4.08. The standard InChI is InChI=1S/C21H17BrN2O6S/c1-2-29-21(26)19-17(13-4-3-5-15(10-13)24(27)28)12-31-20(19)23-18(25)11-30-16-8-6-14(22)7-9-16/h3-10,12H,2,11H2,1H3,(H,23,25). The number of non-ortho nitro benzene ring substituents is 1. The maximum Gasteiger partial charge on any atom is 0.341 e. The van der Waals surface area contributed by atoms with Crippen molar-refractivity contribution in [2.24, 2.45) is 0 Å². The van der Waals surface area contributed by atoms with Crippen molar-refractivity contribution in [1.82, 2.24) is 0 Å². The fraction of sp³-hybridized carbons (Fsp3) is 0.143. The molecule has 2 aromatic carbocycles. The van der Waals surface area contributed by atoms with E-state index in [2.05, 4.69) is 21.2 Å². The van der Waals surface area contributed by atoms with Crippen molar-refractivity contribution >= 4 is 49.8 Å². The molecule has 1 amide bonds. The number of benzene rings is 2. The van der Waals surface area contributed by atoms with Gasteiger partial charge in [0, 0.05) is 27.5 Å². The summed E-state index contributed by atoms with van der Waals surface area (Å²) >= 11 is 4.45. The van der Waals surface area contributed by atoms with Crippen LogP contribution in [0, 0.1) is 10.1 Å². The molecule has 0 radical (unpaired) electrons. The SMILES string of the molecule is CCOC(=O)c1c(-c2cccc([N+](=O)[O-])c2)csc1NC(=O)COc1ccc(Br)cc1. The zero-order chi connectivity index (χ0) is 22.4. The second-order valence-electron chi connectivity index (χ2n) is 6.17. The molecule has 0 aliphatic carbocycles. The lowest BCUT2D eigenvalue weighted by Gasteiger charge is -2.10. The zero-order valence-electron chi connectivity index (χ0n) is 16.3. The number of hydrogen-bond acceptors (Lipinski definition) is 7. The number of nitro benzene ring substituents is 1. The van der Waals surface area contributed by atoms with Crippen molar-refractivity contribution < 1.29 is 24.0 Å². The zero-order valence-corrected chi connectivity index (χ0v) is 18.7. The molecule has 0 aliphatic rings. The molecular formula is C21H17BrN2O6S. The Labute approximate surface area is 190 Å². The highest BCUT2D eigenvalue weighted by atomic mass is 79.9. The number of rotatable bonds is 8. The summed E-state index contributed by atoms with van der Waals surface area (Å²) in [6.07, 6.45) is 0. The Morgan fingerprint density at radius 3 is 2.61 bits per heavy atom. The molecule has 31 heavy (non-hydrogen) atoms. The number of nitrogens with zero attached hydrogens (tertiary/aromatic N) is 1. The van der Waals surface area contributed by atoms with Gasteiger partial charge >= 0.3 is 5.97 Å². The largest absolute Gasteiger partial charge is 0.484 e. The van der Waals surface area contributed by atoms with Crippen molar-refractivity contribution in [3.63, 3.8) is 0 Å². The van der Waals surface area contributed by atoms with Gasteiger partial charge in [-0.25, -0.2) is 4.79 Å². The van der Waals surface area contributed by atoms with Gasteiger partial charge in [0.2, 0.25) is 0 Å². The predicted octanol–water partition coefficient (Wildman–Crippen LogP) is 5.28. The molecule has 0 atom stereocenters. The van der Waals surface area contributed by atoms with Crippen LogP contribution in [0.5, 0.6) is 5.75 Å². The summed E-state index contributed by atoms with van der Waals surface area (Å²) < 4.78 is 11.5. The van der Waals surface area contributed by atoms with Gasteiger partial charge in [0.1, 0.15) is 16.3 Å². The average molecular weight is 505 g/mol. The molecule has 0 fully saturated rings. The minimum atomic E-state index is -0.630. The smallest absolute Gasteiger partial charge is 0.341 e. The van der Waals surface area contributed by atoms with Gasteiger partial charge in [-0.15, -0.1) is 11.3 Å². The summed E-state index contributed by atoms with van der Waals surface area (Å²) in [7, 11) is 0. The van der Waals surface area contributed by atoms with Crippen molar-refractivity contribution in [3.05, 3.63) is 74.1 Å². The summed E-state index contributed by atoms with van der Waals surface area (Å²) in [5, 5.41) is 15.7. The number of carbonyl (C=O) groups excluding carboxylic acids is 2. The second-order valence-corrected chi connectivity index (χ2v) is 7.97. The molecule has 0 saturated carbocycles. The molecule has 0 saturated heterocycles. The summed E-state index contributed by atoms with van der Waals surface area (Å²) in [6.45, 7) is 1.55. The van der Waals surface area contributed by atoms with Crippen molar-refractivity contribution in [3.8, 4) is 16.9 Å². The fourth-order valence-corrected chi connectivity index (χ4v) is 3.94. The lowest BCUT2D eigenvalue weighted by Crippen LogP contribution is -2.21. The number of nitrogens with one attached hydrogen (secondary N) is 1. The van der Waals surface area contributed by atoms with Crippen LogP contribution in [0.1, 0.15) is 17.3 Å². The van der Waals surface area contributed by atoms with Gasteiger partial charge in [-0.3, -0.25) is 14.9 Å². The Bertz CT molecular complexity index is 1110. The first-order chi connectivity index (χ1) is 14.9. The number of thiophene rings is 1. The van der Waals surface area contributed by atoms with Crippen LogP contribution in [-0.4, -0.2) is 30.0 Å². The summed E-state index contributed by atoms with van der Waals surface area (Å²) in [5.74, 6) is -0.567. The Morgan fingerprint density at radius 1 is 1.19 bits per heavy atom. The first-order valence-electron chi connectivity index (χ1n) is 9.10. The molecule has 8 nitrogen and oxygen atoms in total. The molecule has 10 heteroatoms. The van der Waals surface area contributed by atoms with Gasteiger partial charge in [0.25, 0.3) is 11.6 Å². The van der Waals surface area contributed by atoms with Crippen molar-refractivity contribution in [1.29, 1.82) is 0 Å². The fourth-order valence-electron chi connectivity index (χ4n) is 2.70. The Morgan fingerprint density at radius 2 is 1.94 bits per heavy atom. The Kier molecular flexibility index (Phi) is 7.37.